The van der Waals surface area contributed by atoms with E-state index >= 15 is 0 Å². The Morgan fingerprint density at radius 3 is 1.55 bits per heavy atom. The second-order valence-corrected chi connectivity index (χ2v) is 12.6. The van der Waals surface area contributed by atoms with Crippen molar-refractivity contribution in [1.82, 2.24) is 15.0 Å². The molecule has 0 aliphatic carbocycles. The van der Waals surface area contributed by atoms with Crippen molar-refractivity contribution >= 4 is 32.3 Å². The van der Waals surface area contributed by atoms with E-state index in [0.29, 0.717) is 0 Å². The first-order chi connectivity index (χ1) is 21.4. The van der Waals surface area contributed by atoms with E-state index in [1.54, 1.807) is 12.4 Å². The van der Waals surface area contributed by atoms with Gasteiger partial charge in [0.25, 0.3) is 0 Å². The Morgan fingerprint density at radius 1 is 0.455 bits per heavy atom. The average Bonchev–Trinajstić information content (AvgIpc) is 3.07. The molecule has 0 aliphatic rings. The maximum atomic E-state index is 4.55. The van der Waals surface area contributed by atoms with Gasteiger partial charge in [0.05, 0.1) is 5.69 Å². The molecule has 210 valence electrons. The second-order valence-electron chi connectivity index (χ2n) is 12.6. The van der Waals surface area contributed by atoms with Crippen LogP contribution < -0.4 is 0 Å². The number of pyridine rings is 1. The lowest BCUT2D eigenvalue weighted by molar-refractivity contribution is 0.591. The fourth-order valence-electron chi connectivity index (χ4n) is 6.43. The lowest BCUT2D eigenvalue weighted by Crippen LogP contribution is -2.10. The van der Waals surface area contributed by atoms with Gasteiger partial charge < -0.3 is 0 Å². The molecular formula is C41H31N3. The highest BCUT2D eigenvalue weighted by Crippen LogP contribution is 2.45. The van der Waals surface area contributed by atoms with E-state index in [9.17, 15) is 0 Å². The first kappa shape index (κ1) is 26.2. The van der Waals surface area contributed by atoms with Gasteiger partial charge >= 0.3 is 0 Å². The Morgan fingerprint density at radius 2 is 1.00 bits per heavy atom. The highest BCUT2D eigenvalue weighted by molar-refractivity contribution is 6.28. The van der Waals surface area contributed by atoms with Gasteiger partial charge in [-0.2, -0.15) is 0 Å². The molecule has 0 radical (unpaired) electrons. The van der Waals surface area contributed by atoms with Crippen molar-refractivity contribution in [2.75, 3.05) is 0 Å². The van der Waals surface area contributed by atoms with Crippen LogP contribution in [0.3, 0.4) is 0 Å². The van der Waals surface area contributed by atoms with Gasteiger partial charge in [0, 0.05) is 29.7 Å². The Bertz CT molecular complexity index is 2110. The van der Waals surface area contributed by atoms with Crippen LogP contribution in [-0.4, -0.2) is 15.0 Å². The molecule has 0 amide bonds. The standard InChI is InChI=1S/C41H31N3/c1-41(2,3)32-23-30-16-18-33-35(26-8-12-28(13-9-26)37-7-4-5-20-42-37)25-36(34-19-17-31(24-32)38(30)39(33)34)27-10-14-29(15-11-27)40-43-21-6-22-44-40/h4-25H,1-3H3. The molecule has 0 saturated carbocycles. The van der Waals surface area contributed by atoms with Crippen LogP contribution in [0, 0.1) is 0 Å². The Kier molecular flexibility index (Phi) is 6.02. The van der Waals surface area contributed by atoms with Gasteiger partial charge in [-0.3, -0.25) is 4.98 Å². The van der Waals surface area contributed by atoms with E-state index in [0.717, 1.165) is 22.6 Å². The Labute approximate surface area is 257 Å². The molecular weight excluding hydrogens is 534 g/mol. The first-order valence-corrected chi connectivity index (χ1v) is 15.1. The summed E-state index contributed by atoms with van der Waals surface area (Å²) in [5.41, 5.74) is 9.33. The van der Waals surface area contributed by atoms with E-state index in [2.05, 4.69) is 133 Å². The molecule has 0 N–H and O–H groups in total. The molecule has 6 aromatic carbocycles. The van der Waals surface area contributed by atoms with Crippen LogP contribution in [0.25, 0.3) is 77.2 Å². The number of nitrogens with zero attached hydrogens (tertiary/aromatic N) is 3. The maximum Gasteiger partial charge on any atom is 0.159 e. The van der Waals surface area contributed by atoms with Crippen LogP contribution in [0.4, 0.5) is 0 Å². The van der Waals surface area contributed by atoms with Crippen molar-refractivity contribution < 1.29 is 0 Å². The molecule has 0 bridgehead atoms. The molecule has 0 spiro atoms. The molecule has 8 aromatic rings. The highest BCUT2D eigenvalue weighted by atomic mass is 14.8. The largest absolute Gasteiger partial charge is 0.256 e. The molecule has 0 aliphatic heterocycles. The maximum absolute atomic E-state index is 4.55. The summed E-state index contributed by atoms with van der Waals surface area (Å²) >= 11 is 0. The van der Waals surface area contributed by atoms with Crippen LogP contribution >= 0.6 is 0 Å². The highest BCUT2D eigenvalue weighted by Gasteiger charge is 2.20. The quantitative estimate of drug-likeness (QED) is 0.199. The number of hydrogen-bond donors (Lipinski definition) is 0. The summed E-state index contributed by atoms with van der Waals surface area (Å²) < 4.78 is 0. The van der Waals surface area contributed by atoms with Crippen LogP contribution in [0.15, 0.2) is 134 Å². The zero-order valence-electron chi connectivity index (χ0n) is 25.0. The van der Waals surface area contributed by atoms with E-state index in [1.165, 1.54) is 60.1 Å². The normalized spacial score (nSPS) is 12.0. The molecule has 0 fully saturated rings. The van der Waals surface area contributed by atoms with Crippen LogP contribution in [0.2, 0.25) is 0 Å². The lowest BCUT2D eigenvalue weighted by Gasteiger charge is -2.23. The molecule has 0 saturated heterocycles. The van der Waals surface area contributed by atoms with Gasteiger partial charge in [0.15, 0.2) is 5.82 Å². The monoisotopic (exact) mass is 565 g/mol. The molecule has 3 nitrogen and oxygen atoms in total. The third kappa shape index (κ3) is 4.40. The van der Waals surface area contributed by atoms with Gasteiger partial charge in [-0.05, 0) is 89.8 Å². The molecule has 2 aromatic heterocycles. The first-order valence-electron chi connectivity index (χ1n) is 15.1. The smallest absolute Gasteiger partial charge is 0.159 e. The molecule has 2 heterocycles. The topological polar surface area (TPSA) is 38.7 Å². The van der Waals surface area contributed by atoms with Crippen LogP contribution in [0.5, 0.6) is 0 Å². The van der Waals surface area contributed by atoms with Crippen molar-refractivity contribution in [2.24, 2.45) is 0 Å². The molecule has 8 rings (SSSR count). The SMILES string of the molecule is CC(C)(C)c1cc2ccc3c(-c4ccc(-c5ccccn5)cc4)cc(-c4ccc(-c5ncccn5)cc4)c4ccc(c1)c2c34. The molecule has 3 heteroatoms. The minimum absolute atomic E-state index is 0.0698. The minimum Gasteiger partial charge on any atom is -0.256 e. The summed E-state index contributed by atoms with van der Waals surface area (Å²) in [5.74, 6) is 0.734. The second kappa shape index (κ2) is 10.1. The molecule has 0 atom stereocenters. The van der Waals surface area contributed by atoms with Crippen LogP contribution in [0.1, 0.15) is 26.3 Å². The van der Waals surface area contributed by atoms with Gasteiger partial charge in [-0.25, -0.2) is 9.97 Å². The predicted molar refractivity (Wildman–Crippen MR) is 184 cm³/mol. The van der Waals surface area contributed by atoms with E-state index < -0.39 is 0 Å². The number of aromatic nitrogens is 3. The predicted octanol–water partition coefficient (Wildman–Crippen LogP) is 10.7. The Hall–Kier alpha value is -5.41. The van der Waals surface area contributed by atoms with Crippen molar-refractivity contribution in [1.29, 1.82) is 0 Å². The third-order valence-corrected chi connectivity index (χ3v) is 8.76. The fraction of sp³-hybridized carbons (Fsp3) is 0.0976. The lowest BCUT2D eigenvalue weighted by atomic mass is 9.81. The Balaban J connectivity index is 1.37. The van der Waals surface area contributed by atoms with Crippen molar-refractivity contribution in [3.63, 3.8) is 0 Å². The van der Waals surface area contributed by atoms with Crippen LogP contribution in [-0.2, 0) is 5.41 Å². The molecule has 0 unspecified atom stereocenters. The van der Waals surface area contributed by atoms with Crippen molar-refractivity contribution in [2.45, 2.75) is 26.2 Å². The summed E-state index contributed by atoms with van der Waals surface area (Å²) in [6.45, 7) is 6.86. The third-order valence-electron chi connectivity index (χ3n) is 8.76. The summed E-state index contributed by atoms with van der Waals surface area (Å²) in [6.07, 6.45) is 5.41. The number of rotatable bonds is 4. The van der Waals surface area contributed by atoms with Gasteiger partial charge in [0.2, 0.25) is 0 Å². The van der Waals surface area contributed by atoms with E-state index in [-0.39, 0.29) is 5.41 Å². The van der Waals surface area contributed by atoms with Gasteiger partial charge in [0.1, 0.15) is 0 Å². The molecule has 44 heavy (non-hydrogen) atoms. The van der Waals surface area contributed by atoms with Crippen molar-refractivity contribution in [3.8, 4) is 44.9 Å². The van der Waals surface area contributed by atoms with E-state index in [1.807, 2.05) is 24.4 Å². The zero-order chi connectivity index (χ0) is 29.8. The van der Waals surface area contributed by atoms with Crippen molar-refractivity contribution in [3.05, 3.63) is 139 Å². The van der Waals surface area contributed by atoms with E-state index in [4.69, 9.17) is 0 Å². The summed E-state index contributed by atoms with van der Waals surface area (Å²) in [4.78, 5) is 13.5. The summed E-state index contributed by atoms with van der Waals surface area (Å²) in [7, 11) is 0. The summed E-state index contributed by atoms with van der Waals surface area (Å²) in [6, 6.07) is 41.7. The van der Waals surface area contributed by atoms with Gasteiger partial charge in [-0.1, -0.05) is 112 Å². The number of benzene rings is 6. The number of hydrogen-bond acceptors (Lipinski definition) is 3. The zero-order valence-corrected chi connectivity index (χ0v) is 25.0. The minimum atomic E-state index is 0.0698. The van der Waals surface area contributed by atoms with Gasteiger partial charge in [-0.15, -0.1) is 0 Å². The average molecular weight is 566 g/mol. The fourth-order valence-corrected chi connectivity index (χ4v) is 6.43. The summed E-state index contributed by atoms with van der Waals surface area (Å²) in [5, 5.41) is 7.75.